The fourth-order valence-corrected chi connectivity index (χ4v) is 2.13. The molecule has 0 atom stereocenters. The van der Waals surface area contributed by atoms with Gasteiger partial charge in [-0.05, 0) is 13.8 Å². The minimum Gasteiger partial charge on any atom is -0.383 e. The summed E-state index contributed by atoms with van der Waals surface area (Å²) in [5.74, 6) is 0.922. The number of nitrogens with two attached hydrogens (primary N) is 1. The summed E-state index contributed by atoms with van der Waals surface area (Å²) in [5, 5.41) is 17.6. The van der Waals surface area contributed by atoms with Crippen molar-refractivity contribution in [3.8, 4) is 29.0 Å². The monoisotopic (exact) mass is 294 g/mol. The predicted molar refractivity (Wildman–Crippen MR) is 80.5 cm³/mol. The molecule has 0 saturated heterocycles. The Morgan fingerprint density at radius 3 is 2.64 bits per heavy atom. The van der Waals surface area contributed by atoms with Crippen LogP contribution < -0.4 is 5.73 Å². The van der Waals surface area contributed by atoms with Crippen LogP contribution in [-0.2, 0) is 0 Å². The zero-order valence-corrected chi connectivity index (χ0v) is 12.2. The van der Waals surface area contributed by atoms with Crippen molar-refractivity contribution >= 4 is 5.82 Å². The maximum atomic E-state index is 9.31. The second-order valence-corrected chi connectivity index (χ2v) is 5.05. The molecule has 7 heteroatoms. The Bertz CT molecular complexity index is 841. The second kappa shape index (κ2) is 5.33. The molecule has 1 aromatic carbocycles. The van der Waals surface area contributed by atoms with Gasteiger partial charge in [0.05, 0.1) is 0 Å². The maximum absolute atomic E-state index is 9.31. The first-order valence-corrected chi connectivity index (χ1v) is 6.79. The van der Waals surface area contributed by atoms with Gasteiger partial charge in [-0.3, -0.25) is 0 Å². The summed E-state index contributed by atoms with van der Waals surface area (Å²) < 4.78 is 6.82. The van der Waals surface area contributed by atoms with Crippen LogP contribution in [0.3, 0.4) is 0 Å². The molecule has 0 saturated carbocycles. The largest absolute Gasteiger partial charge is 0.383 e. The van der Waals surface area contributed by atoms with Crippen LogP contribution in [0.5, 0.6) is 0 Å². The van der Waals surface area contributed by atoms with E-state index in [0.29, 0.717) is 17.3 Å². The molecule has 0 fully saturated rings. The van der Waals surface area contributed by atoms with Crippen molar-refractivity contribution in [2.24, 2.45) is 0 Å². The molecule has 0 bridgehead atoms. The standard InChI is InChI=1S/C15H14N6O/c1-9(2)21-13(17)11(8-16)12(19-21)15-18-14(20-22-15)10-6-4-3-5-7-10/h3-7,9H,17H2,1-2H3. The summed E-state index contributed by atoms with van der Waals surface area (Å²) in [4.78, 5) is 4.31. The molecule has 0 radical (unpaired) electrons. The first-order chi connectivity index (χ1) is 10.6. The molecule has 0 aliphatic heterocycles. The van der Waals surface area contributed by atoms with Crippen LogP contribution in [-0.4, -0.2) is 19.9 Å². The van der Waals surface area contributed by atoms with Crippen molar-refractivity contribution in [3.05, 3.63) is 35.9 Å². The summed E-state index contributed by atoms with van der Waals surface area (Å²) in [7, 11) is 0. The molecule has 0 spiro atoms. The van der Waals surface area contributed by atoms with Crippen molar-refractivity contribution < 1.29 is 4.52 Å². The molecule has 110 valence electrons. The normalized spacial score (nSPS) is 10.8. The van der Waals surface area contributed by atoms with Crippen LogP contribution >= 0.6 is 0 Å². The minimum atomic E-state index is 0.0253. The average Bonchev–Trinajstić information content (AvgIpc) is 3.12. The van der Waals surface area contributed by atoms with Crippen LogP contribution in [0.2, 0.25) is 0 Å². The van der Waals surface area contributed by atoms with E-state index in [2.05, 4.69) is 21.3 Å². The summed E-state index contributed by atoms with van der Waals surface area (Å²) in [6.45, 7) is 3.86. The molecule has 0 unspecified atom stereocenters. The number of nitrogens with zero attached hydrogens (tertiary/aromatic N) is 5. The molecule has 7 nitrogen and oxygen atoms in total. The molecular weight excluding hydrogens is 280 g/mol. The van der Waals surface area contributed by atoms with Gasteiger partial charge in [0.1, 0.15) is 17.5 Å². The lowest BCUT2D eigenvalue weighted by molar-refractivity contribution is 0.429. The highest BCUT2D eigenvalue weighted by Crippen LogP contribution is 2.28. The summed E-state index contributed by atoms with van der Waals surface area (Å²) >= 11 is 0. The van der Waals surface area contributed by atoms with Crippen molar-refractivity contribution in [2.45, 2.75) is 19.9 Å². The van der Waals surface area contributed by atoms with E-state index in [-0.39, 0.29) is 17.5 Å². The van der Waals surface area contributed by atoms with Crippen molar-refractivity contribution in [1.29, 1.82) is 5.26 Å². The molecule has 3 rings (SSSR count). The molecule has 2 aromatic heterocycles. The third kappa shape index (κ3) is 2.20. The van der Waals surface area contributed by atoms with E-state index < -0.39 is 0 Å². The quantitative estimate of drug-likeness (QED) is 0.795. The lowest BCUT2D eigenvalue weighted by Gasteiger charge is -2.06. The van der Waals surface area contributed by atoms with Gasteiger partial charge in [-0.2, -0.15) is 15.3 Å². The van der Waals surface area contributed by atoms with Crippen LogP contribution in [0.25, 0.3) is 23.0 Å². The summed E-state index contributed by atoms with van der Waals surface area (Å²) in [6, 6.07) is 11.5. The molecule has 2 heterocycles. The summed E-state index contributed by atoms with van der Waals surface area (Å²) in [6.07, 6.45) is 0. The third-order valence-electron chi connectivity index (χ3n) is 3.21. The van der Waals surface area contributed by atoms with E-state index in [1.165, 1.54) is 0 Å². The summed E-state index contributed by atoms with van der Waals surface area (Å²) in [5.41, 5.74) is 7.34. The first-order valence-electron chi connectivity index (χ1n) is 6.79. The SMILES string of the molecule is CC(C)n1nc(-c2nc(-c3ccccc3)no2)c(C#N)c1N. The number of hydrogen-bond donors (Lipinski definition) is 1. The van der Waals surface area contributed by atoms with Gasteiger partial charge >= 0.3 is 0 Å². The van der Waals surface area contributed by atoms with E-state index in [4.69, 9.17) is 10.3 Å². The lowest BCUT2D eigenvalue weighted by atomic mass is 10.2. The Kier molecular flexibility index (Phi) is 3.35. The Morgan fingerprint density at radius 1 is 1.27 bits per heavy atom. The molecular formula is C15H14N6O. The molecule has 22 heavy (non-hydrogen) atoms. The van der Waals surface area contributed by atoms with E-state index >= 15 is 0 Å². The van der Waals surface area contributed by atoms with E-state index in [1.807, 2.05) is 44.2 Å². The second-order valence-electron chi connectivity index (χ2n) is 5.05. The van der Waals surface area contributed by atoms with E-state index in [0.717, 1.165) is 5.56 Å². The predicted octanol–water partition coefficient (Wildman–Crippen LogP) is 2.63. The molecule has 2 N–H and O–H groups in total. The number of anilines is 1. The molecule has 3 aromatic rings. The number of hydrogen-bond acceptors (Lipinski definition) is 6. The highest BCUT2D eigenvalue weighted by atomic mass is 16.5. The van der Waals surface area contributed by atoms with Crippen molar-refractivity contribution in [2.75, 3.05) is 5.73 Å². The highest BCUT2D eigenvalue weighted by Gasteiger charge is 2.23. The van der Waals surface area contributed by atoms with Crippen molar-refractivity contribution in [1.82, 2.24) is 19.9 Å². The smallest absolute Gasteiger partial charge is 0.280 e. The molecule has 0 aliphatic carbocycles. The van der Waals surface area contributed by atoms with Crippen LogP contribution in [0.15, 0.2) is 34.9 Å². The van der Waals surface area contributed by atoms with E-state index in [9.17, 15) is 5.26 Å². The maximum Gasteiger partial charge on any atom is 0.280 e. The van der Waals surface area contributed by atoms with Gasteiger partial charge in [-0.25, -0.2) is 4.68 Å². The lowest BCUT2D eigenvalue weighted by Crippen LogP contribution is -2.07. The van der Waals surface area contributed by atoms with E-state index in [1.54, 1.807) is 4.68 Å². The van der Waals surface area contributed by atoms with Crippen LogP contribution in [0.1, 0.15) is 25.5 Å². The van der Waals surface area contributed by atoms with Gasteiger partial charge in [0, 0.05) is 11.6 Å². The number of nitrogen functional groups attached to an aromatic ring is 1. The van der Waals surface area contributed by atoms with Gasteiger partial charge in [-0.1, -0.05) is 35.5 Å². The number of aromatic nitrogens is 4. The fraction of sp³-hybridized carbons (Fsp3) is 0.200. The molecule has 0 amide bonds. The van der Waals surface area contributed by atoms with Crippen LogP contribution in [0, 0.1) is 11.3 Å². The number of rotatable bonds is 3. The zero-order chi connectivity index (χ0) is 15.7. The topological polar surface area (TPSA) is 107 Å². The van der Waals surface area contributed by atoms with Gasteiger partial charge < -0.3 is 10.3 Å². The van der Waals surface area contributed by atoms with Crippen molar-refractivity contribution in [3.63, 3.8) is 0 Å². The third-order valence-corrected chi connectivity index (χ3v) is 3.21. The minimum absolute atomic E-state index is 0.0253. The Balaban J connectivity index is 2.08. The van der Waals surface area contributed by atoms with Gasteiger partial charge in [-0.15, -0.1) is 0 Å². The van der Waals surface area contributed by atoms with Gasteiger partial charge in [0.25, 0.3) is 5.89 Å². The Hall–Kier alpha value is -3.14. The zero-order valence-electron chi connectivity index (χ0n) is 12.2. The Labute approximate surface area is 127 Å². The highest BCUT2D eigenvalue weighted by molar-refractivity contribution is 5.68. The molecule has 0 aliphatic rings. The number of benzene rings is 1. The first kappa shape index (κ1) is 13.8. The number of nitriles is 1. The van der Waals surface area contributed by atoms with Crippen LogP contribution in [0.4, 0.5) is 5.82 Å². The average molecular weight is 294 g/mol. The van der Waals surface area contributed by atoms with Gasteiger partial charge in [0.2, 0.25) is 5.82 Å². The fourth-order valence-electron chi connectivity index (χ4n) is 2.13. The Morgan fingerprint density at radius 2 is 2.00 bits per heavy atom. The van der Waals surface area contributed by atoms with Gasteiger partial charge in [0.15, 0.2) is 5.69 Å².